The normalized spacial score (nSPS) is 12.0. The molecular weight excluding hydrogens is 282 g/mol. The Balaban J connectivity index is 2.08. The van der Waals surface area contributed by atoms with Crippen LogP contribution in [0.2, 0.25) is 0 Å². The zero-order valence-corrected chi connectivity index (χ0v) is 11.9. The minimum absolute atomic E-state index is 0.0402. The van der Waals surface area contributed by atoms with E-state index in [1.807, 2.05) is 24.4 Å². The van der Waals surface area contributed by atoms with Crippen LogP contribution in [0, 0.1) is 11.6 Å². The van der Waals surface area contributed by atoms with Crippen LogP contribution in [0.25, 0.3) is 0 Å². The van der Waals surface area contributed by atoms with Crippen LogP contribution < -0.4 is 5.32 Å². The van der Waals surface area contributed by atoms with Gasteiger partial charge in [-0.1, -0.05) is 6.07 Å². The minimum Gasteiger partial charge on any atom is -0.320 e. The molecule has 0 saturated carbocycles. The van der Waals surface area contributed by atoms with Gasteiger partial charge >= 0.3 is 6.03 Å². The predicted octanol–water partition coefficient (Wildman–Crippen LogP) is 4.25. The van der Waals surface area contributed by atoms with Gasteiger partial charge in [0.2, 0.25) is 0 Å². The smallest absolute Gasteiger partial charge is 0.320 e. The van der Waals surface area contributed by atoms with Crippen LogP contribution in [0.1, 0.15) is 17.8 Å². The van der Waals surface area contributed by atoms with E-state index in [1.54, 1.807) is 18.4 Å². The molecule has 0 aliphatic rings. The van der Waals surface area contributed by atoms with Crippen molar-refractivity contribution in [2.75, 3.05) is 12.4 Å². The summed E-state index contributed by atoms with van der Waals surface area (Å²) in [6.45, 7) is 1.88. The van der Waals surface area contributed by atoms with Crippen molar-refractivity contribution in [2.24, 2.45) is 0 Å². The lowest BCUT2D eigenvalue weighted by Gasteiger charge is -2.24. The van der Waals surface area contributed by atoms with Crippen molar-refractivity contribution >= 4 is 23.1 Å². The minimum atomic E-state index is -0.796. The van der Waals surface area contributed by atoms with E-state index in [4.69, 9.17) is 0 Å². The molecule has 2 rings (SSSR count). The Morgan fingerprint density at radius 2 is 2.10 bits per heavy atom. The number of halogens is 2. The molecule has 0 unspecified atom stereocenters. The number of thiophene rings is 1. The first-order valence-electron chi connectivity index (χ1n) is 6.01. The molecule has 0 bridgehead atoms. The fourth-order valence-corrected chi connectivity index (χ4v) is 2.52. The second kappa shape index (κ2) is 6.00. The number of amides is 2. The third-order valence-corrected chi connectivity index (χ3v) is 4.07. The summed E-state index contributed by atoms with van der Waals surface area (Å²) in [7, 11) is 1.63. The zero-order valence-electron chi connectivity index (χ0n) is 11.1. The SMILES string of the molecule is C[C@H](c1cccs1)N(C)C(=O)Nc1ccc(F)cc1F. The molecule has 2 aromatic rings. The molecule has 0 fully saturated rings. The number of urea groups is 1. The molecule has 0 saturated heterocycles. The van der Waals surface area contributed by atoms with Gasteiger partial charge in [0.1, 0.15) is 11.6 Å². The second-order valence-corrected chi connectivity index (χ2v) is 5.34. The molecule has 1 aromatic heterocycles. The molecule has 0 aliphatic heterocycles. The Morgan fingerprint density at radius 3 is 2.70 bits per heavy atom. The largest absolute Gasteiger partial charge is 0.322 e. The summed E-state index contributed by atoms with van der Waals surface area (Å²) in [5, 5.41) is 4.36. The van der Waals surface area contributed by atoms with Crippen molar-refractivity contribution in [3.05, 3.63) is 52.2 Å². The van der Waals surface area contributed by atoms with Crippen molar-refractivity contribution in [2.45, 2.75) is 13.0 Å². The fourth-order valence-electron chi connectivity index (χ4n) is 1.69. The average Bonchev–Trinajstić information content (AvgIpc) is 2.94. The molecule has 20 heavy (non-hydrogen) atoms. The molecule has 1 aromatic carbocycles. The zero-order chi connectivity index (χ0) is 14.7. The van der Waals surface area contributed by atoms with Crippen LogP contribution in [0.15, 0.2) is 35.7 Å². The maximum atomic E-state index is 13.5. The van der Waals surface area contributed by atoms with Gasteiger partial charge in [-0.15, -0.1) is 11.3 Å². The molecular formula is C14H14F2N2OS. The fraction of sp³-hybridized carbons (Fsp3) is 0.214. The van der Waals surface area contributed by atoms with Gasteiger partial charge < -0.3 is 10.2 Å². The number of nitrogens with zero attached hydrogens (tertiary/aromatic N) is 1. The summed E-state index contributed by atoms with van der Waals surface area (Å²) < 4.78 is 26.3. The summed E-state index contributed by atoms with van der Waals surface area (Å²) in [4.78, 5) is 14.5. The van der Waals surface area contributed by atoms with Gasteiger partial charge in [0.15, 0.2) is 0 Å². The van der Waals surface area contributed by atoms with Crippen molar-refractivity contribution in [1.29, 1.82) is 0 Å². The molecule has 1 N–H and O–H groups in total. The van der Waals surface area contributed by atoms with Gasteiger partial charge in [0.25, 0.3) is 0 Å². The molecule has 1 atom stereocenters. The second-order valence-electron chi connectivity index (χ2n) is 4.36. The van der Waals surface area contributed by atoms with Crippen LogP contribution in [0.4, 0.5) is 19.3 Å². The van der Waals surface area contributed by atoms with E-state index in [0.29, 0.717) is 0 Å². The molecule has 6 heteroatoms. The lowest BCUT2D eigenvalue weighted by atomic mass is 10.2. The summed E-state index contributed by atoms with van der Waals surface area (Å²) >= 11 is 1.54. The third kappa shape index (κ3) is 3.14. The lowest BCUT2D eigenvalue weighted by molar-refractivity contribution is 0.209. The Morgan fingerprint density at radius 1 is 1.35 bits per heavy atom. The summed E-state index contributed by atoms with van der Waals surface area (Å²) in [6.07, 6.45) is 0. The number of anilines is 1. The maximum Gasteiger partial charge on any atom is 0.322 e. The van der Waals surface area contributed by atoms with Crippen molar-refractivity contribution in [1.82, 2.24) is 4.90 Å². The van der Waals surface area contributed by atoms with E-state index < -0.39 is 17.7 Å². The van der Waals surface area contributed by atoms with E-state index in [1.165, 1.54) is 11.0 Å². The maximum absolute atomic E-state index is 13.5. The first-order chi connectivity index (χ1) is 9.49. The van der Waals surface area contributed by atoms with Gasteiger partial charge in [-0.2, -0.15) is 0 Å². The molecule has 0 radical (unpaired) electrons. The highest BCUT2D eigenvalue weighted by Gasteiger charge is 2.19. The standard InChI is InChI=1S/C14H14F2N2OS/c1-9(13-4-3-7-20-13)18(2)14(19)17-12-6-5-10(15)8-11(12)16/h3-9H,1-2H3,(H,17,19)/t9-/m1/s1. The van der Waals surface area contributed by atoms with Crippen molar-refractivity contribution < 1.29 is 13.6 Å². The lowest BCUT2D eigenvalue weighted by Crippen LogP contribution is -2.33. The van der Waals surface area contributed by atoms with E-state index >= 15 is 0 Å². The van der Waals surface area contributed by atoms with Crippen LogP contribution in [-0.4, -0.2) is 18.0 Å². The van der Waals surface area contributed by atoms with Crippen molar-refractivity contribution in [3.63, 3.8) is 0 Å². The van der Waals surface area contributed by atoms with Gasteiger partial charge in [-0.25, -0.2) is 13.6 Å². The van der Waals surface area contributed by atoms with Crippen LogP contribution in [-0.2, 0) is 0 Å². The number of benzene rings is 1. The molecule has 106 valence electrons. The summed E-state index contributed by atoms with van der Waals surface area (Å²) in [5.74, 6) is -1.48. The number of hydrogen-bond acceptors (Lipinski definition) is 2. The van der Waals surface area contributed by atoms with Crippen LogP contribution >= 0.6 is 11.3 Å². The quantitative estimate of drug-likeness (QED) is 0.902. The van der Waals surface area contributed by atoms with Crippen LogP contribution in [0.3, 0.4) is 0 Å². The van der Waals surface area contributed by atoms with E-state index in [2.05, 4.69) is 5.32 Å². The van der Waals surface area contributed by atoms with Crippen molar-refractivity contribution in [3.8, 4) is 0 Å². The van der Waals surface area contributed by atoms with Crippen LogP contribution in [0.5, 0.6) is 0 Å². The van der Waals surface area contributed by atoms with E-state index in [-0.39, 0.29) is 11.7 Å². The first-order valence-corrected chi connectivity index (χ1v) is 6.89. The Kier molecular flexibility index (Phi) is 4.34. The Hall–Kier alpha value is -1.95. The van der Waals surface area contributed by atoms with E-state index in [9.17, 15) is 13.6 Å². The van der Waals surface area contributed by atoms with Gasteiger partial charge in [-0.3, -0.25) is 0 Å². The van der Waals surface area contributed by atoms with Gasteiger partial charge in [-0.05, 0) is 30.5 Å². The number of hydrogen-bond donors (Lipinski definition) is 1. The topological polar surface area (TPSA) is 32.3 Å². The molecule has 2 amide bonds. The summed E-state index contributed by atoms with van der Waals surface area (Å²) in [6, 6.07) is 6.29. The molecule has 0 aliphatic carbocycles. The predicted molar refractivity (Wildman–Crippen MR) is 75.9 cm³/mol. The highest BCUT2D eigenvalue weighted by Crippen LogP contribution is 2.24. The highest BCUT2D eigenvalue weighted by atomic mass is 32.1. The number of carbonyl (C=O) groups is 1. The third-order valence-electron chi connectivity index (χ3n) is 3.03. The van der Waals surface area contributed by atoms with Gasteiger partial charge in [0.05, 0.1) is 11.7 Å². The number of nitrogens with one attached hydrogen (secondary N) is 1. The highest BCUT2D eigenvalue weighted by molar-refractivity contribution is 7.10. The summed E-state index contributed by atoms with van der Waals surface area (Å²) in [5.41, 5.74) is -0.0402. The van der Waals surface area contributed by atoms with E-state index in [0.717, 1.165) is 17.0 Å². The average molecular weight is 296 g/mol. The molecule has 0 spiro atoms. The number of carbonyl (C=O) groups excluding carboxylic acids is 1. The Bertz CT molecular complexity index is 601. The first kappa shape index (κ1) is 14.5. The monoisotopic (exact) mass is 296 g/mol. The van der Waals surface area contributed by atoms with Gasteiger partial charge in [0, 0.05) is 18.0 Å². The molecule has 3 nitrogen and oxygen atoms in total. The number of rotatable bonds is 3. The molecule has 1 heterocycles. The Labute approximate surface area is 119 Å².